The first kappa shape index (κ1) is 28.8. The Labute approximate surface area is 220 Å². The number of alkyl halides is 3. The Bertz CT molecular complexity index is 1070. The summed E-state index contributed by atoms with van der Waals surface area (Å²) in [6.07, 6.45) is -1.22. The van der Waals surface area contributed by atoms with Crippen molar-refractivity contribution >= 4 is 29.1 Å². The highest BCUT2D eigenvalue weighted by Gasteiger charge is 2.62. The normalized spacial score (nSPS) is 16.2. The van der Waals surface area contributed by atoms with Crippen molar-refractivity contribution in [1.29, 1.82) is 0 Å². The predicted molar refractivity (Wildman–Crippen MR) is 138 cm³/mol. The number of hydrogen-bond acceptors (Lipinski definition) is 4. The number of benzene rings is 2. The Kier molecular flexibility index (Phi) is 9.47. The molecule has 1 fully saturated rings. The summed E-state index contributed by atoms with van der Waals surface area (Å²) in [5.41, 5.74) is -2.75. The van der Waals surface area contributed by atoms with Crippen LogP contribution >= 0.6 is 11.6 Å². The van der Waals surface area contributed by atoms with Gasteiger partial charge in [0.1, 0.15) is 0 Å². The van der Waals surface area contributed by atoms with Crippen LogP contribution in [0.3, 0.4) is 0 Å². The lowest BCUT2D eigenvalue weighted by Crippen LogP contribution is -2.57. The zero-order valence-corrected chi connectivity index (χ0v) is 21.8. The van der Waals surface area contributed by atoms with Gasteiger partial charge in [-0.3, -0.25) is 9.59 Å². The molecule has 0 saturated carbocycles. The standard InChI is InChI=1S/C27H33ClF3N3O3/c1-33(2)24(35)22-12-11-21(18-23(22)28)32-15-7-6-8-19-13-16-34(17-14-19)25(36)26(37,27(29,30)31)20-9-4-3-5-10-20/h3-5,9-12,18-19,32,37H,6-8,13-17H2,1-2H3/t26-/m0/s1. The Hall–Kier alpha value is -2.78. The fraction of sp³-hybridized carbons (Fsp3) is 0.481. The Morgan fingerprint density at radius 3 is 2.30 bits per heavy atom. The number of hydrogen-bond donors (Lipinski definition) is 2. The van der Waals surface area contributed by atoms with Crippen LogP contribution in [-0.4, -0.2) is 66.6 Å². The van der Waals surface area contributed by atoms with E-state index in [-0.39, 0.29) is 19.0 Å². The van der Waals surface area contributed by atoms with Gasteiger partial charge in [-0.25, -0.2) is 0 Å². The van der Waals surface area contributed by atoms with E-state index < -0.39 is 23.2 Å². The number of amides is 2. The Morgan fingerprint density at radius 1 is 1.08 bits per heavy atom. The molecule has 1 heterocycles. The summed E-state index contributed by atoms with van der Waals surface area (Å²) < 4.78 is 41.4. The van der Waals surface area contributed by atoms with Crippen molar-refractivity contribution in [3.8, 4) is 0 Å². The lowest BCUT2D eigenvalue weighted by Gasteiger charge is -2.38. The first-order valence-corrected chi connectivity index (χ1v) is 12.7. The molecule has 0 radical (unpaired) electrons. The van der Waals surface area contributed by atoms with Crippen LogP contribution in [0.2, 0.25) is 5.02 Å². The van der Waals surface area contributed by atoms with Gasteiger partial charge in [-0.05, 0) is 43.4 Å². The van der Waals surface area contributed by atoms with Crippen molar-refractivity contribution in [3.63, 3.8) is 0 Å². The van der Waals surface area contributed by atoms with Crippen LogP contribution in [-0.2, 0) is 10.4 Å². The van der Waals surface area contributed by atoms with Gasteiger partial charge in [0, 0.05) is 45.0 Å². The van der Waals surface area contributed by atoms with Crippen molar-refractivity contribution in [2.75, 3.05) is 39.0 Å². The predicted octanol–water partition coefficient (Wildman–Crippen LogP) is 5.31. The zero-order valence-electron chi connectivity index (χ0n) is 21.0. The number of halogens is 4. The number of unbranched alkanes of at least 4 members (excludes halogenated alkanes) is 1. The van der Waals surface area contributed by atoms with Crippen molar-refractivity contribution in [3.05, 3.63) is 64.7 Å². The summed E-state index contributed by atoms with van der Waals surface area (Å²) >= 11 is 6.24. The average Bonchev–Trinajstić information content (AvgIpc) is 2.87. The molecule has 0 unspecified atom stereocenters. The first-order valence-electron chi connectivity index (χ1n) is 12.3. The van der Waals surface area contributed by atoms with E-state index in [1.165, 1.54) is 23.1 Å². The minimum atomic E-state index is -5.12. The van der Waals surface area contributed by atoms with E-state index in [4.69, 9.17) is 11.6 Å². The number of nitrogens with one attached hydrogen (secondary N) is 1. The molecular weight excluding hydrogens is 507 g/mol. The molecule has 2 N–H and O–H groups in total. The summed E-state index contributed by atoms with van der Waals surface area (Å²) in [5, 5.41) is 14.2. The second-order valence-corrected chi connectivity index (χ2v) is 10.0. The number of anilines is 1. The van der Waals surface area contributed by atoms with Crippen molar-refractivity contribution in [1.82, 2.24) is 9.80 Å². The van der Waals surface area contributed by atoms with E-state index in [1.54, 1.807) is 26.2 Å². The molecule has 2 aromatic rings. The molecule has 202 valence electrons. The van der Waals surface area contributed by atoms with Crippen LogP contribution < -0.4 is 5.32 Å². The second kappa shape index (κ2) is 12.2. The maximum atomic E-state index is 13.8. The highest BCUT2D eigenvalue weighted by molar-refractivity contribution is 6.34. The first-order chi connectivity index (χ1) is 17.4. The lowest BCUT2D eigenvalue weighted by molar-refractivity contribution is -0.262. The molecule has 0 aromatic heterocycles. The van der Waals surface area contributed by atoms with E-state index >= 15 is 0 Å². The molecule has 6 nitrogen and oxygen atoms in total. The van der Waals surface area contributed by atoms with Crippen molar-refractivity contribution in [2.45, 2.75) is 43.9 Å². The van der Waals surface area contributed by atoms with Gasteiger partial charge in [0.05, 0.1) is 10.6 Å². The van der Waals surface area contributed by atoms with Crippen LogP contribution in [0.15, 0.2) is 48.5 Å². The third-order valence-corrected chi connectivity index (χ3v) is 7.10. The van der Waals surface area contributed by atoms with Crippen LogP contribution in [0.5, 0.6) is 0 Å². The molecule has 37 heavy (non-hydrogen) atoms. The third kappa shape index (κ3) is 6.76. The number of piperidine rings is 1. The maximum absolute atomic E-state index is 13.8. The van der Waals surface area contributed by atoms with Gasteiger partial charge in [0.2, 0.25) is 0 Å². The minimum Gasteiger partial charge on any atom is -0.385 e. The summed E-state index contributed by atoms with van der Waals surface area (Å²) in [6, 6.07) is 11.8. The maximum Gasteiger partial charge on any atom is 0.430 e. The van der Waals surface area contributed by atoms with E-state index in [9.17, 15) is 27.9 Å². The number of rotatable bonds is 9. The van der Waals surface area contributed by atoms with Gasteiger partial charge in [-0.2, -0.15) is 13.2 Å². The number of carbonyl (C=O) groups is 2. The van der Waals surface area contributed by atoms with Crippen LogP contribution in [0, 0.1) is 5.92 Å². The molecule has 1 atom stereocenters. The van der Waals surface area contributed by atoms with Gasteiger partial charge in [0.15, 0.2) is 0 Å². The molecule has 0 spiro atoms. The molecule has 2 aromatic carbocycles. The summed E-state index contributed by atoms with van der Waals surface area (Å²) in [4.78, 5) is 27.5. The zero-order chi connectivity index (χ0) is 27.2. The fourth-order valence-electron chi connectivity index (χ4n) is 4.57. The second-order valence-electron chi connectivity index (χ2n) is 9.63. The smallest absolute Gasteiger partial charge is 0.385 e. The molecule has 3 rings (SSSR count). The largest absolute Gasteiger partial charge is 0.430 e. The number of carbonyl (C=O) groups excluding carboxylic acids is 2. The average molecular weight is 540 g/mol. The van der Waals surface area contributed by atoms with Crippen LogP contribution in [0.4, 0.5) is 18.9 Å². The molecule has 0 bridgehead atoms. The molecule has 2 amide bonds. The molecule has 10 heteroatoms. The molecule has 1 saturated heterocycles. The van der Waals surface area contributed by atoms with Crippen LogP contribution in [0.25, 0.3) is 0 Å². The topological polar surface area (TPSA) is 72.9 Å². The van der Waals surface area contributed by atoms with Gasteiger partial charge in [-0.1, -0.05) is 54.8 Å². The lowest BCUT2D eigenvalue weighted by atomic mass is 9.88. The third-order valence-electron chi connectivity index (χ3n) is 6.79. The SMILES string of the molecule is CN(C)C(=O)c1ccc(NCCCCC2CCN(C(=O)[C@@](O)(c3ccccc3)C(F)(F)F)CC2)cc1Cl. The van der Waals surface area contributed by atoms with Gasteiger partial charge >= 0.3 is 6.18 Å². The molecular formula is C27H33ClF3N3O3. The summed E-state index contributed by atoms with van der Waals surface area (Å²) in [7, 11) is 3.33. The molecule has 1 aliphatic heterocycles. The van der Waals surface area contributed by atoms with Crippen LogP contribution in [0.1, 0.15) is 48.0 Å². The number of likely N-dealkylation sites (tertiary alicyclic amines) is 1. The van der Waals surface area contributed by atoms with Crippen molar-refractivity contribution in [2.24, 2.45) is 5.92 Å². The van der Waals surface area contributed by atoms with Gasteiger partial charge in [-0.15, -0.1) is 0 Å². The molecule has 0 aliphatic carbocycles. The van der Waals surface area contributed by atoms with Gasteiger partial charge < -0.3 is 20.2 Å². The highest BCUT2D eigenvalue weighted by atomic mass is 35.5. The monoisotopic (exact) mass is 539 g/mol. The summed E-state index contributed by atoms with van der Waals surface area (Å²) in [6.45, 7) is 1.08. The van der Waals surface area contributed by atoms with E-state index in [2.05, 4.69) is 5.32 Å². The Morgan fingerprint density at radius 2 is 1.73 bits per heavy atom. The highest BCUT2D eigenvalue weighted by Crippen LogP contribution is 2.41. The van der Waals surface area contributed by atoms with E-state index in [0.717, 1.165) is 42.0 Å². The van der Waals surface area contributed by atoms with E-state index in [0.29, 0.717) is 35.9 Å². The minimum absolute atomic E-state index is 0.160. The Balaban J connectivity index is 1.44. The number of aliphatic hydroxyl groups is 1. The quantitative estimate of drug-likeness (QED) is 0.423. The summed E-state index contributed by atoms with van der Waals surface area (Å²) in [5.74, 6) is -1.16. The number of nitrogens with zero attached hydrogens (tertiary/aromatic N) is 2. The van der Waals surface area contributed by atoms with Crippen molar-refractivity contribution < 1.29 is 27.9 Å². The fourth-order valence-corrected chi connectivity index (χ4v) is 4.83. The van der Waals surface area contributed by atoms with Gasteiger partial charge in [0.25, 0.3) is 17.4 Å². The molecule has 1 aliphatic rings. The van der Waals surface area contributed by atoms with E-state index in [1.807, 2.05) is 6.07 Å².